The number of benzene rings is 3. The van der Waals surface area contributed by atoms with Crippen molar-refractivity contribution in [2.45, 2.75) is 89.6 Å². The topological polar surface area (TPSA) is 36.9 Å². The second-order valence-corrected chi connectivity index (χ2v) is 16.1. The molecule has 3 aromatic rings. The second kappa shape index (κ2) is 13.9. The largest absolute Gasteiger partial charge is 0.381 e. The fourth-order valence-electron chi connectivity index (χ4n) is 5.77. The number of rotatable bonds is 13. The first-order valence-corrected chi connectivity index (χ1v) is 16.6. The molecule has 4 nitrogen and oxygen atoms in total. The summed E-state index contributed by atoms with van der Waals surface area (Å²) in [5.74, 6) is -0.740. The van der Waals surface area contributed by atoms with Crippen molar-refractivity contribution in [1.29, 1.82) is 0 Å². The van der Waals surface area contributed by atoms with Crippen LogP contribution in [0, 0.1) is 0 Å². The van der Waals surface area contributed by atoms with Gasteiger partial charge in [0.15, 0.2) is 12.1 Å². The van der Waals surface area contributed by atoms with Gasteiger partial charge in [0.1, 0.15) is 6.10 Å². The Morgan fingerprint density at radius 1 is 0.825 bits per heavy atom. The monoisotopic (exact) mass is 558 g/mol. The highest BCUT2D eigenvalue weighted by atomic mass is 28.4. The quantitative estimate of drug-likeness (QED) is 0.125. The van der Waals surface area contributed by atoms with Gasteiger partial charge in [-0.05, 0) is 40.7 Å². The van der Waals surface area contributed by atoms with Crippen LogP contribution >= 0.6 is 0 Å². The van der Waals surface area contributed by atoms with Gasteiger partial charge in [0.2, 0.25) is 0 Å². The van der Waals surface area contributed by atoms with Crippen LogP contribution in [0.3, 0.4) is 0 Å². The lowest BCUT2D eigenvalue weighted by atomic mass is 9.94. The molecule has 0 radical (unpaired) electrons. The van der Waals surface area contributed by atoms with E-state index in [1.54, 1.807) is 6.08 Å². The maximum atomic E-state index is 7.49. The van der Waals surface area contributed by atoms with Gasteiger partial charge in [-0.1, -0.05) is 124 Å². The van der Waals surface area contributed by atoms with E-state index < -0.39 is 20.4 Å². The van der Waals surface area contributed by atoms with E-state index in [0.717, 1.165) is 31.2 Å². The SMILES string of the molecule is C=CCOC(C)C(OC1(OCc2ccccc2)CCCCC1)O[Si](c1ccccc1)(c1ccccc1)C(C)(C)C. The molecule has 0 aromatic heterocycles. The maximum Gasteiger partial charge on any atom is 0.264 e. The van der Waals surface area contributed by atoms with Crippen LogP contribution in [0.4, 0.5) is 0 Å². The summed E-state index contributed by atoms with van der Waals surface area (Å²) in [6.07, 6.45) is 5.76. The lowest BCUT2D eigenvalue weighted by Crippen LogP contribution is -2.69. The van der Waals surface area contributed by atoms with Crippen LogP contribution in [0.25, 0.3) is 0 Å². The molecule has 40 heavy (non-hydrogen) atoms. The molecular weight excluding hydrogens is 512 g/mol. The Balaban J connectivity index is 1.76. The van der Waals surface area contributed by atoms with E-state index in [4.69, 9.17) is 18.6 Å². The second-order valence-electron chi connectivity index (χ2n) is 11.8. The molecule has 2 unspecified atom stereocenters. The summed E-state index contributed by atoms with van der Waals surface area (Å²) < 4.78 is 27.5. The van der Waals surface area contributed by atoms with Crippen molar-refractivity contribution in [3.8, 4) is 0 Å². The van der Waals surface area contributed by atoms with Crippen molar-refractivity contribution >= 4 is 18.7 Å². The summed E-state index contributed by atoms with van der Waals surface area (Å²) in [6.45, 7) is 13.7. The highest BCUT2D eigenvalue weighted by Crippen LogP contribution is 2.41. The van der Waals surface area contributed by atoms with Crippen molar-refractivity contribution in [3.05, 3.63) is 109 Å². The fourth-order valence-corrected chi connectivity index (χ4v) is 10.4. The smallest absolute Gasteiger partial charge is 0.264 e. The van der Waals surface area contributed by atoms with Gasteiger partial charge in [-0.25, -0.2) is 0 Å². The van der Waals surface area contributed by atoms with Crippen LogP contribution < -0.4 is 10.4 Å². The Morgan fingerprint density at radius 3 is 1.85 bits per heavy atom. The van der Waals surface area contributed by atoms with Gasteiger partial charge in [0.05, 0.1) is 13.2 Å². The van der Waals surface area contributed by atoms with E-state index >= 15 is 0 Å². The Bertz CT molecular complexity index is 1110. The number of hydrogen-bond acceptors (Lipinski definition) is 4. The lowest BCUT2D eigenvalue weighted by Gasteiger charge is -2.48. The van der Waals surface area contributed by atoms with Gasteiger partial charge >= 0.3 is 0 Å². The van der Waals surface area contributed by atoms with Crippen molar-refractivity contribution in [3.63, 3.8) is 0 Å². The summed E-state index contributed by atoms with van der Waals surface area (Å²) >= 11 is 0. The molecular formula is C35H46O4Si. The molecule has 0 bridgehead atoms. The first kappa shape index (κ1) is 30.4. The van der Waals surface area contributed by atoms with E-state index in [0.29, 0.717) is 13.2 Å². The Hall–Kier alpha value is -2.54. The van der Waals surface area contributed by atoms with E-state index in [9.17, 15) is 0 Å². The molecule has 0 aliphatic heterocycles. The molecule has 1 aliphatic carbocycles. The van der Waals surface area contributed by atoms with Gasteiger partial charge in [-0.15, -0.1) is 6.58 Å². The van der Waals surface area contributed by atoms with Crippen LogP contribution in [0.2, 0.25) is 5.04 Å². The van der Waals surface area contributed by atoms with E-state index in [1.165, 1.54) is 16.8 Å². The molecule has 0 N–H and O–H groups in total. The summed E-state index contributed by atoms with van der Waals surface area (Å²) in [5.41, 5.74) is 1.14. The van der Waals surface area contributed by atoms with E-state index in [1.807, 2.05) is 25.1 Å². The number of ether oxygens (including phenoxy) is 3. The van der Waals surface area contributed by atoms with Crippen LogP contribution in [0.1, 0.15) is 65.4 Å². The third kappa shape index (κ3) is 7.20. The van der Waals surface area contributed by atoms with Crippen molar-refractivity contribution in [1.82, 2.24) is 0 Å². The molecule has 3 aromatic carbocycles. The third-order valence-corrected chi connectivity index (χ3v) is 12.9. The van der Waals surface area contributed by atoms with Crippen LogP contribution in [-0.2, 0) is 25.2 Å². The predicted molar refractivity (Wildman–Crippen MR) is 166 cm³/mol. The third-order valence-electron chi connectivity index (χ3n) is 7.86. The molecule has 0 saturated heterocycles. The Labute approximate surface area is 242 Å². The molecule has 0 amide bonds. The molecule has 1 fully saturated rings. The highest BCUT2D eigenvalue weighted by molar-refractivity contribution is 6.99. The number of hydrogen-bond donors (Lipinski definition) is 0. The summed E-state index contributed by atoms with van der Waals surface area (Å²) in [7, 11) is -2.91. The molecule has 0 spiro atoms. The normalized spacial score (nSPS) is 17.2. The van der Waals surface area contributed by atoms with Crippen molar-refractivity contribution in [2.24, 2.45) is 0 Å². The standard InChI is InChI=1S/C35H46O4Si/c1-6-27-36-29(2)33(38-35(25-17-10-18-26-35)37-28-30-19-11-7-12-20-30)39-40(34(3,4)5,31-21-13-8-14-22-31)32-23-15-9-16-24-32/h6-9,11-16,19-24,29,33H,1,10,17-18,25-28H2,2-5H3. The molecule has 0 heterocycles. The van der Waals surface area contributed by atoms with Crippen LogP contribution in [0.15, 0.2) is 104 Å². The predicted octanol–water partition coefficient (Wildman–Crippen LogP) is 7.37. The molecule has 1 aliphatic rings. The molecule has 214 valence electrons. The molecule has 5 heteroatoms. The first-order valence-electron chi connectivity index (χ1n) is 14.7. The van der Waals surface area contributed by atoms with Crippen LogP contribution in [-0.4, -0.2) is 33.1 Å². The molecule has 1 saturated carbocycles. The Kier molecular flexibility index (Phi) is 10.6. The summed E-state index contributed by atoms with van der Waals surface area (Å²) in [5, 5.41) is 2.22. The highest BCUT2D eigenvalue weighted by Gasteiger charge is 2.53. The first-order chi connectivity index (χ1) is 19.3. The Morgan fingerprint density at radius 2 is 1.35 bits per heavy atom. The zero-order valence-electron chi connectivity index (χ0n) is 24.7. The van der Waals surface area contributed by atoms with Gasteiger partial charge in [-0.3, -0.25) is 0 Å². The minimum absolute atomic E-state index is 0.194. The van der Waals surface area contributed by atoms with E-state index in [-0.39, 0.29) is 11.1 Å². The molecule has 4 rings (SSSR count). The van der Waals surface area contributed by atoms with E-state index in [2.05, 4.69) is 100 Å². The van der Waals surface area contributed by atoms with Crippen molar-refractivity contribution in [2.75, 3.05) is 6.61 Å². The maximum absolute atomic E-state index is 7.49. The average Bonchev–Trinajstić information content (AvgIpc) is 2.98. The van der Waals surface area contributed by atoms with Gasteiger partial charge in [-0.2, -0.15) is 0 Å². The van der Waals surface area contributed by atoms with Crippen molar-refractivity contribution < 1.29 is 18.6 Å². The van der Waals surface area contributed by atoms with Gasteiger partial charge < -0.3 is 18.6 Å². The summed E-state index contributed by atoms with van der Waals surface area (Å²) in [4.78, 5) is 0. The zero-order chi connectivity index (χ0) is 28.5. The minimum Gasteiger partial charge on any atom is -0.381 e. The van der Waals surface area contributed by atoms with Gasteiger partial charge in [0.25, 0.3) is 8.32 Å². The fraction of sp³-hybridized carbons (Fsp3) is 0.429. The molecule has 2 atom stereocenters. The summed E-state index contributed by atoms with van der Waals surface area (Å²) in [6, 6.07) is 31.7. The van der Waals surface area contributed by atoms with Gasteiger partial charge in [0, 0.05) is 12.8 Å². The minimum atomic E-state index is -2.91. The zero-order valence-corrected chi connectivity index (χ0v) is 25.7. The van der Waals surface area contributed by atoms with Crippen LogP contribution in [0.5, 0.6) is 0 Å². The average molecular weight is 559 g/mol. The lowest BCUT2D eigenvalue weighted by molar-refractivity contribution is -0.327.